The molecule has 0 fully saturated rings. The minimum atomic E-state index is 0.887. The van der Waals surface area contributed by atoms with Crippen molar-refractivity contribution in [1.29, 1.82) is 0 Å². The van der Waals surface area contributed by atoms with Gasteiger partial charge in [0.25, 0.3) is 0 Å². The first-order chi connectivity index (χ1) is 23.3. The fourth-order valence-electron chi connectivity index (χ4n) is 6.64. The van der Waals surface area contributed by atoms with E-state index in [1.165, 1.54) is 21.8 Å². The van der Waals surface area contributed by atoms with Crippen LogP contribution in [-0.2, 0) is 0 Å². The molecule has 0 saturated heterocycles. The number of nitrogens with zero attached hydrogens (tertiary/aromatic N) is 5. The Kier molecular flexibility index (Phi) is 6.39. The number of anilines is 3. The molecule has 0 aliphatic heterocycles. The van der Waals surface area contributed by atoms with Gasteiger partial charge in [-0.3, -0.25) is 0 Å². The number of para-hydroxylation sites is 4. The van der Waals surface area contributed by atoms with Gasteiger partial charge in [0, 0.05) is 33.5 Å². The maximum absolute atomic E-state index is 4.36. The number of benzene rings is 7. The molecule has 0 radical (unpaired) electrons. The zero-order valence-corrected chi connectivity index (χ0v) is 25.5. The number of hydrogen-bond acceptors (Lipinski definition) is 3. The average Bonchev–Trinajstić information content (AvgIpc) is 3.72. The second kappa shape index (κ2) is 11.2. The van der Waals surface area contributed by atoms with Crippen molar-refractivity contribution in [3.8, 4) is 22.5 Å². The summed E-state index contributed by atoms with van der Waals surface area (Å²) in [4.78, 5) is 2.32. The molecule has 5 heteroatoms. The maximum atomic E-state index is 4.36. The molecule has 0 atom stereocenters. The van der Waals surface area contributed by atoms with E-state index in [0.29, 0.717) is 0 Å². The summed E-state index contributed by atoms with van der Waals surface area (Å²) in [6, 6.07) is 61.9. The predicted molar refractivity (Wildman–Crippen MR) is 193 cm³/mol. The molecule has 47 heavy (non-hydrogen) atoms. The van der Waals surface area contributed by atoms with Gasteiger partial charge in [-0.05, 0) is 96.1 Å². The molecule has 2 aromatic heterocycles. The monoisotopic (exact) mass is 603 g/mol. The third-order valence-corrected chi connectivity index (χ3v) is 8.87. The van der Waals surface area contributed by atoms with Gasteiger partial charge in [-0.15, -0.1) is 5.10 Å². The molecular weight excluding hydrogens is 574 g/mol. The van der Waals surface area contributed by atoms with Crippen molar-refractivity contribution < 1.29 is 0 Å². The lowest BCUT2D eigenvalue weighted by molar-refractivity contribution is 0.824. The van der Waals surface area contributed by atoms with Gasteiger partial charge < -0.3 is 9.47 Å². The molecule has 2 heterocycles. The molecule has 7 aromatic carbocycles. The van der Waals surface area contributed by atoms with Gasteiger partial charge in [0.05, 0.1) is 22.2 Å². The SMILES string of the molecule is c1ccc(N(c2ccccc2)c2ccc3c(c2)c2ccccc2n3-c2ccc(-c3ccc(-n4nnc5ccccc54)cc3)cc2)cc1. The van der Waals surface area contributed by atoms with Crippen LogP contribution in [0.15, 0.2) is 176 Å². The minimum absolute atomic E-state index is 0.887. The molecule has 9 rings (SSSR count). The van der Waals surface area contributed by atoms with Crippen LogP contribution >= 0.6 is 0 Å². The number of rotatable bonds is 6. The number of aromatic nitrogens is 4. The molecule has 0 bridgehead atoms. The zero-order valence-electron chi connectivity index (χ0n) is 25.5. The van der Waals surface area contributed by atoms with E-state index < -0.39 is 0 Å². The highest BCUT2D eigenvalue weighted by atomic mass is 15.4. The summed E-state index contributed by atoms with van der Waals surface area (Å²) in [5.74, 6) is 0. The number of fused-ring (bicyclic) bond motifs is 4. The van der Waals surface area contributed by atoms with Gasteiger partial charge in [0.15, 0.2) is 0 Å². The molecule has 0 N–H and O–H groups in total. The smallest absolute Gasteiger partial charge is 0.113 e. The molecule has 222 valence electrons. The Hall–Kier alpha value is -6.46. The third-order valence-electron chi connectivity index (χ3n) is 8.87. The standard InChI is InChI=1S/C42H29N5/c1-3-11-32(12-4-1)45(33-13-5-2-6-14-33)36-27-28-41-38(29-36)37-15-7-9-17-40(37)46(41)34-23-19-30(20-24-34)31-21-25-35(26-22-31)47-42-18-10-8-16-39(42)43-44-47/h1-29H. The van der Waals surface area contributed by atoms with E-state index in [4.69, 9.17) is 0 Å². The van der Waals surface area contributed by atoms with Crippen LogP contribution < -0.4 is 4.90 Å². The fourth-order valence-corrected chi connectivity index (χ4v) is 6.64. The van der Waals surface area contributed by atoms with Crippen LogP contribution in [0.3, 0.4) is 0 Å². The Balaban J connectivity index is 1.10. The quantitative estimate of drug-likeness (QED) is 0.190. The summed E-state index contributed by atoms with van der Waals surface area (Å²) in [6.07, 6.45) is 0. The summed E-state index contributed by atoms with van der Waals surface area (Å²) in [7, 11) is 0. The molecule has 0 saturated carbocycles. The van der Waals surface area contributed by atoms with Crippen molar-refractivity contribution in [1.82, 2.24) is 19.6 Å². The van der Waals surface area contributed by atoms with Crippen molar-refractivity contribution >= 4 is 49.9 Å². The Morgan fingerprint density at radius 1 is 0.404 bits per heavy atom. The van der Waals surface area contributed by atoms with Crippen LogP contribution in [0.1, 0.15) is 0 Å². The van der Waals surface area contributed by atoms with Crippen molar-refractivity contribution in [2.45, 2.75) is 0 Å². The lowest BCUT2D eigenvalue weighted by atomic mass is 10.0. The van der Waals surface area contributed by atoms with Crippen molar-refractivity contribution in [2.24, 2.45) is 0 Å². The summed E-state index contributed by atoms with van der Waals surface area (Å²) in [5.41, 5.74) is 12.0. The first-order valence-electron chi connectivity index (χ1n) is 15.8. The highest BCUT2D eigenvalue weighted by Gasteiger charge is 2.17. The van der Waals surface area contributed by atoms with E-state index in [1.807, 2.05) is 28.9 Å². The van der Waals surface area contributed by atoms with Crippen molar-refractivity contribution in [3.05, 3.63) is 176 Å². The summed E-state index contributed by atoms with van der Waals surface area (Å²) in [6.45, 7) is 0. The second-order valence-corrected chi connectivity index (χ2v) is 11.6. The zero-order chi connectivity index (χ0) is 31.2. The third kappa shape index (κ3) is 4.64. The maximum Gasteiger partial charge on any atom is 0.113 e. The molecule has 0 aliphatic rings. The molecule has 0 amide bonds. The molecule has 0 spiro atoms. The van der Waals surface area contributed by atoms with Crippen LogP contribution in [0.5, 0.6) is 0 Å². The Labute approximate surface area is 272 Å². The summed E-state index contributed by atoms with van der Waals surface area (Å²) >= 11 is 0. The van der Waals surface area contributed by atoms with E-state index in [2.05, 4.69) is 171 Å². The van der Waals surface area contributed by atoms with Gasteiger partial charge in [0.1, 0.15) is 5.52 Å². The summed E-state index contributed by atoms with van der Waals surface area (Å²) in [5, 5.41) is 11.1. The largest absolute Gasteiger partial charge is 0.310 e. The fraction of sp³-hybridized carbons (Fsp3) is 0. The second-order valence-electron chi connectivity index (χ2n) is 11.6. The lowest BCUT2D eigenvalue weighted by Crippen LogP contribution is -2.09. The van der Waals surface area contributed by atoms with E-state index >= 15 is 0 Å². The van der Waals surface area contributed by atoms with Crippen molar-refractivity contribution in [3.63, 3.8) is 0 Å². The van der Waals surface area contributed by atoms with E-state index in [-0.39, 0.29) is 0 Å². The van der Waals surface area contributed by atoms with E-state index in [9.17, 15) is 0 Å². The minimum Gasteiger partial charge on any atom is -0.310 e. The molecule has 0 unspecified atom stereocenters. The van der Waals surface area contributed by atoms with Gasteiger partial charge in [-0.2, -0.15) is 0 Å². The van der Waals surface area contributed by atoms with Crippen LogP contribution in [-0.4, -0.2) is 19.6 Å². The van der Waals surface area contributed by atoms with Gasteiger partial charge in [-0.1, -0.05) is 96.2 Å². The normalized spacial score (nSPS) is 11.4. The average molecular weight is 604 g/mol. The lowest BCUT2D eigenvalue weighted by Gasteiger charge is -2.25. The van der Waals surface area contributed by atoms with Crippen LogP contribution in [0.2, 0.25) is 0 Å². The molecule has 5 nitrogen and oxygen atoms in total. The first kappa shape index (κ1) is 26.9. The Morgan fingerprint density at radius 2 is 0.957 bits per heavy atom. The van der Waals surface area contributed by atoms with Crippen LogP contribution in [0, 0.1) is 0 Å². The van der Waals surface area contributed by atoms with Gasteiger partial charge in [-0.25, -0.2) is 4.68 Å². The van der Waals surface area contributed by atoms with E-state index in [0.717, 1.165) is 50.6 Å². The van der Waals surface area contributed by atoms with Crippen LogP contribution in [0.25, 0.3) is 55.3 Å². The van der Waals surface area contributed by atoms with Gasteiger partial charge >= 0.3 is 0 Å². The molecule has 9 aromatic rings. The first-order valence-corrected chi connectivity index (χ1v) is 15.8. The Bertz CT molecular complexity index is 2450. The number of hydrogen-bond donors (Lipinski definition) is 0. The molecular formula is C42H29N5. The van der Waals surface area contributed by atoms with Gasteiger partial charge in [0.2, 0.25) is 0 Å². The highest BCUT2D eigenvalue weighted by molar-refractivity contribution is 6.10. The van der Waals surface area contributed by atoms with Crippen molar-refractivity contribution in [2.75, 3.05) is 4.90 Å². The summed E-state index contributed by atoms with van der Waals surface area (Å²) < 4.78 is 4.25. The van der Waals surface area contributed by atoms with E-state index in [1.54, 1.807) is 0 Å². The molecule has 0 aliphatic carbocycles. The Morgan fingerprint density at radius 3 is 1.64 bits per heavy atom. The predicted octanol–water partition coefficient (Wildman–Crippen LogP) is 10.7. The topological polar surface area (TPSA) is 38.9 Å². The highest BCUT2D eigenvalue weighted by Crippen LogP contribution is 2.39. The van der Waals surface area contributed by atoms with Crippen LogP contribution in [0.4, 0.5) is 17.1 Å².